The monoisotopic (exact) mass is 370 g/mol. The maximum absolute atomic E-state index is 12.2. The summed E-state index contributed by atoms with van der Waals surface area (Å²) in [5, 5.41) is 18.2. The van der Waals surface area contributed by atoms with E-state index in [4.69, 9.17) is 5.11 Å². The van der Waals surface area contributed by atoms with Crippen LogP contribution in [-0.2, 0) is 4.79 Å². The minimum atomic E-state index is -5.05. The van der Waals surface area contributed by atoms with Crippen molar-refractivity contribution in [1.29, 1.82) is 0 Å². The molecule has 0 spiro atoms. The maximum Gasteiger partial charge on any atom is 0.573 e. The molecular formula is C12H10BrF3O5. The number of ether oxygens (including phenoxy) is 1. The minimum absolute atomic E-state index is 0.0517. The molecule has 0 fully saturated rings. The predicted molar refractivity (Wildman–Crippen MR) is 68.4 cm³/mol. The summed E-state index contributed by atoms with van der Waals surface area (Å²) in [5.41, 5.74) is -0.706. The Balaban J connectivity index is 3.33. The summed E-state index contributed by atoms with van der Waals surface area (Å²) in [6.07, 6.45) is -7.30. The molecule has 1 aromatic carbocycles. The molecule has 0 amide bonds. The average Bonchev–Trinajstić information content (AvgIpc) is 2.35. The van der Waals surface area contributed by atoms with Crippen LogP contribution in [-0.4, -0.2) is 33.2 Å². The number of aliphatic hydroxyl groups is 1. The van der Waals surface area contributed by atoms with Gasteiger partial charge in [-0.15, -0.1) is 13.2 Å². The van der Waals surface area contributed by atoms with Gasteiger partial charge in [0.05, 0.1) is 4.83 Å². The Labute approximate surface area is 125 Å². The van der Waals surface area contributed by atoms with Gasteiger partial charge in [-0.3, -0.25) is 4.79 Å². The first-order valence-electron chi connectivity index (χ1n) is 5.51. The zero-order valence-electron chi connectivity index (χ0n) is 10.5. The largest absolute Gasteiger partial charge is 0.573 e. The molecule has 21 heavy (non-hydrogen) atoms. The number of halogens is 4. The molecule has 0 radical (unpaired) electrons. The van der Waals surface area contributed by atoms with E-state index in [2.05, 4.69) is 20.7 Å². The van der Waals surface area contributed by atoms with Crippen LogP contribution in [0.1, 0.15) is 28.9 Å². The van der Waals surface area contributed by atoms with Gasteiger partial charge in [-0.2, -0.15) is 0 Å². The van der Waals surface area contributed by atoms with Gasteiger partial charge in [0.15, 0.2) is 11.9 Å². The van der Waals surface area contributed by atoms with Crippen molar-refractivity contribution in [1.82, 2.24) is 0 Å². The standard InChI is InChI=1S/C12H10BrF3O5/c1-5(13)9(17)6-2-3-8(21-12(14,15)16)7(4-6)10(18)11(19)20/h2-5,10,18H,1H3,(H,19,20). The van der Waals surface area contributed by atoms with Crippen molar-refractivity contribution in [2.24, 2.45) is 0 Å². The Morgan fingerprint density at radius 1 is 1.33 bits per heavy atom. The number of alkyl halides is 4. The Kier molecular flexibility index (Phi) is 5.35. The first-order chi connectivity index (χ1) is 9.53. The van der Waals surface area contributed by atoms with E-state index in [1.54, 1.807) is 0 Å². The smallest absolute Gasteiger partial charge is 0.479 e. The number of aliphatic hydroxyl groups excluding tert-OH is 1. The highest BCUT2D eigenvalue weighted by molar-refractivity contribution is 9.10. The third-order valence-corrected chi connectivity index (χ3v) is 2.83. The Morgan fingerprint density at radius 2 is 1.90 bits per heavy atom. The molecule has 2 N–H and O–H groups in total. The van der Waals surface area contributed by atoms with Gasteiger partial charge in [-0.25, -0.2) is 4.79 Å². The number of carbonyl (C=O) groups is 2. The van der Waals surface area contributed by atoms with Gasteiger partial charge in [0.25, 0.3) is 0 Å². The fourth-order valence-corrected chi connectivity index (χ4v) is 1.76. The van der Waals surface area contributed by atoms with Crippen molar-refractivity contribution >= 4 is 27.7 Å². The quantitative estimate of drug-likeness (QED) is 0.614. The summed E-state index contributed by atoms with van der Waals surface area (Å²) < 4.78 is 40.4. The number of carboxylic acids is 1. The van der Waals surface area contributed by atoms with Crippen molar-refractivity contribution in [3.05, 3.63) is 29.3 Å². The molecule has 2 unspecified atom stereocenters. The molecule has 116 valence electrons. The molecule has 2 atom stereocenters. The molecule has 9 heteroatoms. The van der Waals surface area contributed by atoms with E-state index in [1.807, 2.05) is 0 Å². The van der Waals surface area contributed by atoms with Crippen LogP contribution in [0.25, 0.3) is 0 Å². The molecule has 0 aliphatic rings. The number of hydrogen-bond acceptors (Lipinski definition) is 4. The molecule has 1 aromatic rings. The second-order valence-corrected chi connectivity index (χ2v) is 5.39. The number of carbonyl (C=O) groups excluding carboxylic acids is 1. The van der Waals surface area contributed by atoms with Crippen LogP contribution in [0.2, 0.25) is 0 Å². The lowest BCUT2D eigenvalue weighted by atomic mass is 10.0. The molecule has 0 heterocycles. The number of hydrogen-bond donors (Lipinski definition) is 2. The van der Waals surface area contributed by atoms with Gasteiger partial charge in [-0.1, -0.05) is 15.9 Å². The number of ketones is 1. The van der Waals surface area contributed by atoms with Crippen LogP contribution in [0.15, 0.2) is 18.2 Å². The van der Waals surface area contributed by atoms with E-state index in [9.17, 15) is 27.9 Å². The lowest BCUT2D eigenvalue weighted by molar-refractivity contribution is -0.275. The molecule has 5 nitrogen and oxygen atoms in total. The molecule has 0 aliphatic heterocycles. The molecular weight excluding hydrogens is 361 g/mol. The first kappa shape index (κ1) is 17.4. The Bertz CT molecular complexity index is 556. The summed E-state index contributed by atoms with van der Waals surface area (Å²) in [4.78, 5) is 21.9. The Morgan fingerprint density at radius 3 is 2.33 bits per heavy atom. The molecule has 1 rings (SSSR count). The average molecular weight is 371 g/mol. The van der Waals surface area contributed by atoms with Crippen molar-refractivity contribution in [3.63, 3.8) is 0 Å². The van der Waals surface area contributed by atoms with E-state index in [0.717, 1.165) is 18.2 Å². The third kappa shape index (κ3) is 4.71. The lowest BCUT2D eigenvalue weighted by Crippen LogP contribution is -2.21. The molecule has 0 bridgehead atoms. The zero-order valence-corrected chi connectivity index (χ0v) is 12.1. The highest BCUT2D eigenvalue weighted by Gasteiger charge is 2.34. The summed E-state index contributed by atoms with van der Waals surface area (Å²) in [7, 11) is 0. The molecule has 0 saturated carbocycles. The van der Waals surface area contributed by atoms with Crippen LogP contribution in [0, 0.1) is 0 Å². The van der Waals surface area contributed by atoms with E-state index in [-0.39, 0.29) is 5.56 Å². The van der Waals surface area contributed by atoms with Gasteiger partial charge in [-0.05, 0) is 25.1 Å². The topological polar surface area (TPSA) is 83.8 Å². The van der Waals surface area contributed by atoms with E-state index in [1.165, 1.54) is 6.92 Å². The molecule has 0 saturated heterocycles. The van der Waals surface area contributed by atoms with Crippen LogP contribution >= 0.6 is 15.9 Å². The van der Waals surface area contributed by atoms with Crippen LogP contribution in [0.5, 0.6) is 5.75 Å². The minimum Gasteiger partial charge on any atom is -0.479 e. The number of benzene rings is 1. The van der Waals surface area contributed by atoms with Crippen molar-refractivity contribution < 1.29 is 37.7 Å². The van der Waals surface area contributed by atoms with Gasteiger partial charge in [0, 0.05) is 11.1 Å². The SMILES string of the molecule is CC(Br)C(=O)c1ccc(OC(F)(F)F)c(C(O)C(=O)O)c1. The third-order valence-electron chi connectivity index (χ3n) is 2.41. The number of carboxylic acid groups (broad SMARTS) is 1. The second kappa shape index (κ2) is 6.44. The summed E-state index contributed by atoms with van der Waals surface area (Å²) in [6, 6.07) is 2.71. The zero-order chi connectivity index (χ0) is 16.4. The first-order valence-corrected chi connectivity index (χ1v) is 6.43. The highest BCUT2D eigenvalue weighted by atomic mass is 79.9. The van der Waals surface area contributed by atoms with Gasteiger partial charge >= 0.3 is 12.3 Å². The highest BCUT2D eigenvalue weighted by Crippen LogP contribution is 2.32. The summed E-state index contributed by atoms with van der Waals surface area (Å²) in [5.74, 6) is -3.12. The van der Waals surface area contributed by atoms with Gasteiger partial charge in [0.2, 0.25) is 0 Å². The molecule has 0 aromatic heterocycles. The number of Topliss-reactive ketones (excluding diaryl/α,β-unsaturated/α-hetero) is 1. The number of aliphatic carboxylic acids is 1. The summed E-state index contributed by atoms with van der Waals surface area (Å²) >= 11 is 2.99. The van der Waals surface area contributed by atoms with Crippen LogP contribution in [0.4, 0.5) is 13.2 Å². The van der Waals surface area contributed by atoms with Gasteiger partial charge < -0.3 is 14.9 Å². The van der Waals surface area contributed by atoms with E-state index < -0.39 is 40.4 Å². The van der Waals surface area contributed by atoms with E-state index in [0.29, 0.717) is 0 Å². The second-order valence-electron chi connectivity index (χ2n) is 4.02. The molecule has 0 aliphatic carbocycles. The lowest BCUT2D eigenvalue weighted by Gasteiger charge is -2.16. The van der Waals surface area contributed by atoms with Crippen LogP contribution < -0.4 is 4.74 Å². The summed E-state index contributed by atoms with van der Waals surface area (Å²) in [6.45, 7) is 1.50. The van der Waals surface area contributed by atoms with Crippen molar-refractivity contribution in [3.8, 4) is 5.75 Å². The van der Waals surface area contributed by atoms with Crippen molar-refractivity contribution in [2.45, 2.75) is 24.2 Å². The maximum atomic E-state index is 12.2. The normalized spacial score (nSPS) is 14.4. The fourth-order valence-electron chi connectivity index (χ4n) is 1.50. The van der Waals surface area contributed by atoms with Crippen LogP contribution in [0.3, 0.4) is 0 Å². The van der Waals surface area contributed by atoms with Crippen molar-refractivity contribution in [2.75, 3.05) is 0 Å². The van der Waals surface area contributed by atoms with E-state index >= 15 is 0 Å². The number of rotatable bonds is 5. The fraction of sp³-hybridized carbons (Fsp3) is 0.333. The predicted octanol–water partition coefficient (Wildman–Crippen LogP) is 2.67. The Hall–Kier alpha value is -1.61. The van der Waals surface area contributed by atoms with Gasteiger partial charge in [0.1, 0.15) is 5.75 Å².